The van der Waals surface area contributed by atoms with Gasteiger partial charge in [-0.15, -0.1) is 0 Å². The first-order valence-corrected chi connectivity index (χ1v) is 7.82. The van der Waals surface area contributed by atoms with Crippen molar-refractivity contribution < 1.29 is 4.79 Å². The van der Waals surface area contributed by atoms with Crippen molar-refractivity contribution in [3.05, 3.63) is 71.9 Å². The first-order chi connectivity index (χ1) is 11.6. The molecule has 0 fully saturated rings. The van der Waals surface area contributed by atoms with Crippen molar-refractivity contribution in [1.82, 2.24) is 4.98 Å². The van der Waals surface area contributed by atoms with Crippen LogP contribution in [0.25, 0.3) is 23.1 Å². The molecule has 0 saturated heterocycles. The number of hydrogen-bond acceptors (Lipinski definition) is 3. The van der Waals surface area contributed by atoms with Crippen molar-refractivity contribution >= 4 is 34.6 Å². The maximum atomic E-state index is 11.6. The third kappa shape index (κ3) is 3.86. The van der Waals surface area contributed by atoms with Crippen molar-refractivity contribution in [2.45, 2.75) is 13.0 Å². The Hall–Kier alpha value is -2.98. The molecule has 4 heteroatoms. The van der Waals surface area contributed by atoms with Crippen molar-refractivity contribution in [3.8, 4) is 0 Å². The summed E-state index contributed by atoms with van der Waals surface area (Å²) in [4.78, 5) is 16.2. The van der Waals surface area contributed by atoms with E-state index in [4.69, 9.17) is 5.73 Å². The SMILES string of the molecule is C[C@H](N)C(=O)Nc1ccc(/C=C/c2ccc3ccccc3n2)cc1. The topological polar surface area (TPSA) is 68.0 Å². The standard InChI is InChI=1S/C20H19N3O/c1-14(21)20(24)23-18-11-7-15(8-12-18)6-10-17-13-9-16-4-2-3-5-19(16)22-17/h2-14H,21H2,1H3,(H,23,24)/b10-6+/t14-/m0/s1. The molecule has 0 radical (unpaired) electrons. The van der Waals surface area contributed by atoms with Gasteiger partial charge < -0.3 is 11.1 Å². The number of nitrogens with one attached hydrogen (secondary N) is 1. The van der Waals surface area contributed by atoms with Crippen LogP contribution in [0.1, 0.15) is 18.2 Å². The number of para-hydroxylation sites is 1. The van der Waals surface area contributed by atoms with Crippen LogP contribution in [0.3, 0.4) is 0 Å². The van der Waals surface area contributed by atoms with E-state index in [0.29, 0.717) is 0 Å². The van der Waals surface area contributed by atoms with E-state index in [-0.39, 0.29) is 5.91 Å². The van der Waals surface area contributed by atoms with Crippen LogP contribution in [0.4, 0.5) is 5.69 Å². The number of amides is 1. The van der Waals surface area contributed by atoms with E-state index in [9.17, 15) is 4.79 Å². The molecule has 3 aromatic rings. The summed E-state index contributed by atoms with van der Waals surface area (Å²) in [5.41, 5.74) is 9.19. The normalized spacial score (nSPS) is 12.4. The number of anilines is 1. The molecule has 0 saturated carbocycles. The number of carbonyl (C=O) groups is 1. The first kappa shape index (κ1) is 15.9. The maximum Gasteiger partial charge on any atom is 0.240 e. The quantitative estimate of drug-likeness (QED) is 0.771. The van der Waals surface area contributed by atoms with Gasteiger partial charge in [-0.1, -0.05) is 42.5 Å². The second kappa shape index (κ2) is 7.06. The zero-order valence-corrected chi connectivity index (χ0v) is 13.4. The molecule has 0 aliphatic carbocycles. The third-order valence-electron chi connectivity index (χ3n) is 3.66. The smallest absolute Gasteiger partial charge is 0.240 e. The van der Waals surface area contributed by atoms with Crippen molar-refractivity contribution in [2.24, 2.45) is 5.73 Å². The highest BCUT2D eigenvalue weighted by Crippen LogP contribution is 2.15. The Labute approximate surface area is 141 Å². The number of nitrogens with zero attached hydrogens (tertiary/aromatic N) is 1. The number of nitrogens with two attached hydrogens (primary N) is 1. The van der Waals surface area contributed by atoms with Crippen molar-refractivity contribution in [1.29, 1.82) is 0 Å². The summed E-state index contributed by atoms with van der Waals surface area (Å²) < 4.78 is 0. The summed E-state index contributed by atoms with van der Waals surface area (Å²) in [6.45, 7) is 1.66. The van der Waals surface area contributed by atoms with Gasteiger partial charge in [0.1, 0.15) is 0 Å². The van der Waals surface area contributed by atoms with Crippen LogP contribution in [0.2, 0.25) is 0 Å². The number of benzene rings is 2. The third-order valence-corrected chi connectivity index (χ3v) is 3.66. The van der Waals surface area contributed by atoms with Crippen LogP contribution in [0, 0.1) is 0 Å². The zero-order chi connectivity index (χ0) is 16.9. The fourth-order valence-corrected chi connectivity index (χ4v) is 2.29. The lowest BCUT2D eigenvalue weighted by atomic mass is 10.1. The number of rotatable bonds is 4. The molecule has 2 aromatic carbocycles. The van der Waals surface area contributed by atoms with Gasteiger partial charge in [-0.3, -0.25) is 4.79 Å². The van der Waals surface area contributed by atoms with Crippen LogP contribution in [0.15, 0.2) is 60.7 Å². The van der Waals surface area contributed by atoms with Gasteiger partial charge in [-0.2, -0.15) is 0 Å². The van der Waals surface area contributed by atoms with Gasteiger partial charge in [0, 0.05) is 11.1 Å². The van der Waals surface area contributed by atoms with E-state index in [0.717, 1.165) is 27.8 Å². The minimum atomic E-state index is -0.524. The molecule has 0 spiro atoms. The molecule has 1 amide bonds. The number of pyridine rings is 1. The van der Waals surface area contributed by atoms with Crippen LogP contribution in [0.5, 0.6) is 0 Å². The molecule has 1 heterocycles. The van der Waals surface area contributed by atoms with Gasteiger partial charge in [0.15, 0.2) is 0 Å². The fraction of sp³-hybridized carbons (Fsp3) is 0.100. The molecule has 1 atom stereocenters. The van der Waals surface area contributed by atoms with E-state index >= 15 is 0 Å². The Balaban J connectivity index is 1.72. The molecule has 3 rings (SSSR count). The van der Waals surface area contributed by atoms with Crippen LogP contribution >= 0.6 is 0 Å². The monoisotopic (exact) mass is 317 g/mol. The first-order valence-electron chi connectivity index (χ1n) is 7.82. The summed E-state index contributed by atoms with van der Waals surface area (Å²) in [5.74, 6) is -0.196. The number of carbonyl (C=O) groups excluding carboxylic acids is 1. The Morgan fingerprint density at radius 2 is 1.79 bits per heavy atom. The largest absolute Gasteiger partial charge is 0.325 e. The minimum absolute atomic E-state index is 0.196. The van der Waals surface area contributed by atoms with Crippen LogP contribution in [-0.4, -0.2) is 16.9 Å². The summed E-state index contributed by atoms with van der Waals surface area (Å²) in [5, 5.41) is 3.89. The van der Waals surface area contributed by atoms with Crippen LogP contribution < -0.4 is 11.1 Å². The molecular weight excluding hydrogens is 298 g/mol. The predicted molar refractivity (Wildman–Crippen MR) is 99.4 cm³/mol. The van der Waals surface area contributed by atoms with Crippen LogP contribution in [-0.2, 0) is 4.79 Å². The fourth-order valence-electron chi connectivity index (χ4n) is 2.29. The zero-order valence-electron chi connectivity index (χ0n) is 13.4. The molecule has 0 unspecified atom stereocenters. The summed E-state index contributed by atoms with van der Waals surface area (Å²) in [6.07, 6.45) is 3.97. The molecule has 0 bridgehead atoms. The summed E-state index contributed by atoms with van der Waals surface area (Å²) in [6, 6.07) is 19.2. The van der Waals surface area contributed by atoms with Crippen molar-refractivity contribution in [3.63, 3.8) is 0 Å². The molecular formula is C20H19N3O. The Morgan fingerprint density at radius 3 is 2.54 bits per heavy atom. The average molecular weight is 317 g/mol. The highest BCUT2D eigenvalue weighted by Gasteiger charge is 2.06. The summed E-state index contributed by atoms with van der Waals surface area (Å²) >= 11 is 0. The van der Waals surface area contributed by atoms with E-state index in [1.54, 1.807) is 6.92 Å². The van der Waals surface area contributed by atoms with E-state index in [1.807, 2.05) is 66.7 Å². The predicted octanol–water partition coefficient (Wildman–Crippen LogP) is 3.69. The van der Waals surface area contributed by atoms with Gasteiger partial charge in [-0.05, 0) is 42.8 Å². The highest BCUT2D eigenvalue weighted by molar-refractivity contribution is 5.94. The second-order valence-corrected chi connectivity index (χ2v) is 5.66. The molecule has 24 heavy (non-hydrogen) atoms. The lowest BCUT2D eigenvalue weighted by Gasteiger charge is -2.07. The van der Waals surface area contributed by atoms with E-state index in [1.165, 1.54) is 0 Å². The molecule has 4 nitrogen and oxygen atoms in total. The molecule has 1 aromatic heterocycles. The van der Waals surface area contributed by atoms with E-state index < -0.39 is 6.04 Å². The summed E-state index contributed by atoms with van der Waals surface area (Å²) in [7, 11) is 0. The molecule has 0 aliphatic rings. The van der Waals surface area contributed by atoms with Gasteiger partial charge in [0.05, 0.1) is 17.3 Å². The average Bonchev–Trinajstić information content (AvgIpc) is 2.61. The maximum absolute atomic E-state index is 11.6. The van der Waals surface area contributed by atoms with Gasteiger partial charge in [-0.25, -0.2) is 4.98 Å². The lowest BCUT2D eigenvalue weighted by molar-refractivity contribution is -0.117. The minimum Gasteiger partial charge on any atom is -0.325 e. The lowest BCUT2D eigenvalue weighted by Crippen LogP contribution is -2.32. The number of hydrogen-bond donors (Lipinski definition) is 2. The second-order valence-electron chi connectivity index (χ2n) is 5.66. The number of fused-ring (bicyclic) bond motifs is 1. The Kier molecular flexibility index (Phi) is 4.68. The molecule has 120 valence electrons. The van der Waals surface area contributed by atoms with Gasteiger partial charge in [0.25, 0.3) is 0 Å². The molecule has 0 aliphatic heterocycles. The van der Waals surface area contributed by atoms with Crippen molar-refractivity contribution in [2.75, 3.05) is 5.32 Å². The number of aromatic nitrogens is 1. The van der Waals surface area contributed by atoms with E-state index in [2.05, 4.69) is 16.4 Å². The highest BCUT2D eigenvalue weighted by atomic mass is 16.2. The van der Waals surface area contributed by atoms with Gasteiger partial charge >= 0.3 is 0 Å². The Morgan fingerprint density at radius 1 is 1.04 bits per heavy atom. The van der Waals surface area contributed by atoms with Gasteiger partial charge in [0.2, 0.25) is 5.91 Å². The molecule has 3 N–H and O–H groups in total. The Bertz CT molecular complexity index is 883.